The third-order valence-corrected chi connectivity index (χ3v) is 2.74. The van der Waals surface area contributed by atoms with Crippen molar-refractivity contribution in [1.82, 2.24) is 9.88 Å². The summed E-state index contributed by atoms with van der Waals surface area (Å²) in [6.07, 6.45) is 1.20. The molecule has 18 heavy (non-hydrogen) atoms. The zero-order valence-electron chi connectivity index (χ0n) is 11.8. The minimum absolute atomic E-state index is 0.649. The predicted octanol–water partition coefficient (Wildman–Crippen LogP) is 2.62. The first kappa shape index (κ1) is 14.8. The van der Waals surface area contributed by atoms with Crippen molar-refractivity contribution in [1.29, 1.82) is 0 Å². The van der Waals surface area contributed by atoms with Gasteiger partial charge in [0.15, 0.2) is 0 Å². The van der Waals surface area contributed by atoms with Gasteiger partial charge in [-0.3, -0.25) is 0 Å². The Morgan fingerprint density at radius 1 is 1.22 bits per heavy atom. The number of nitrogens with zero attached hydrogens (tertiary/aromatic N) is 2. The normalized spacial score (nSPS) is 10.7. The van der Waals surface area contributed by atoms with Crippen LogP contribution in [0.5, 0.6) is 5.88 Å². The number of pyridine rings is 1. The molecule has 0 aliphatic heterocycles. The lowest BCUT2D eigenvalue weighted by molar-refractivity contribution is 0.299. The van der Waals surface area contributed by atoms with E-state index < -0.39 is 0 Å². The first-order valence-electron chi connectivity index (χ1n) is 6.86. The largest absolute Gasteiger partial charge is 0.478 e. The summed E-state index contributed by atoms with van der Waals surface area (Å²) in [6, 6.07) is 5.81. The van der Waals surface area contributed by atoms with E-state index in [1.807, 2.05) is 25.1 Å². The fourth-order valence-corrected chi connectivity index (χ4v) is 1.83. The summed E-state index contributed by atoms with van der Waals surface area (Å²) >= 11 is 0. The lowest BCUT2D eigenvalue weighted by Gasteiger charge is -2.19. The molecule has 0 saturated carbocycles. The van der Waals surface area contributed by atoms with Gasteiger partial charge >= 0.3 is 0 Å². The molecule has 0 unspecified atom stereocenters. The van der Waals surface area contributed by atoms with Crippen LogP contribution in [0.1, 0.15) is 27.2 Å². The van der Waals surface area contributed by atoms with Gasteiger partial charge in [-0.15, -0.1) is 0 Å². The van der Waals surface area contributed by atoms with E-state index in [1.165, 1.54) is 6.42 Å². The van der Waals surface area contributed by atoms with Crippen LogP contribution in [0.15, 0.2) is 18.2 Å². The SMILES string of the molecule is CCCN(CC)CCNc1cccc(OCC)n1. The molecule has 4 nitrogen and oxygen atoms in total. The molecule has 0 aliphatic carbocycles. The van der Waals surface area contributed by atoms with Gasteiger partial charge in [0.05, 0.1) is 6.61 Å². The molecule has 1 N–H and O–H groups in total. The summed E-state index contributed by atoms with van der Waals surface area (Å²) in [4.78, 5) is 6.81. The van der Waals surface area contributed by atoms with Crippen LogP contribution in [0, 0.1) is 0 Å². The Hall–Kier alpha value is -1.29. The highest BCUT2D eigenvalue weighted by Gasteiger charge is 2.01. The fraction of sp³-hybridized carbons (Fsp3) is 0.643. The van der Waals surface area contributed by atoms with E-state index >= 15 is 0 Å². The van der Waals surface area contributed by atoms with Crippen LogP contribution in [-0.2, 0) is 0 Å². The third-order valence-electron chi connectivity index (χ3n) is 2.74. The third kappa shape index (κ3) is 5.36. The second-order valence-electron chi connectivity index (χ2n) is 4.16. The molecule has 0 amide bonds. The minimum atomic E-state index is 0.649. The molecule has 0 atom stereocenters. The van der Waals surface area contributed by atoms with Gasteiger partial charge in [-0.1, -0.05) is 19.9 Å². The van der Waals surface area contributed by atoms with Gasteiger partial charge in [-0.05, 0) is 32.5 Å². The maximum atomic E-state index is 5.37. The summed E-state index contributed by atoms with van der Waals surface area (Å²) in [6.45, 7) is 11.2. The number of aromatic nitrogens is 1. The Labute approximate surface area is 110 Å². The smallest absolute Gasteiger partial charge is 0.215 e. The molecule has 1 rings (SSSR count). The monoisotopic (exact) mass is 251 g/mol. The average molecular weight is 251 g/mol. The first-order valence-corrected chi connectivity index (χ1v) is 6.86. The summed E-state index contributed by atoms with van der Waals surface area (Å²) in [5.74, 6) is 1.57. The predicted molar refractivity (Wildman–Crippen MR) is 76.3 cm³/mol. The highest BCUT2D eigenvalue weighted by atomic mass is 16.5. The number of hydrogen-bond donors (Lipinski definition) is 1. The lowest BCUT2D eigenvalue weighted by Crippen LogP contribution is -2.29. The highest BCUT2D eigenvalue weighted by Crippen LogP contribution is 2.10. The number of anilines is 1. The molecule has 0 aliphatic rings. The van der Waals surface area contributed by atoms with E-state index in [0.29, 0.717) is 12.5 Å². The van der Waals surface area contributed by atoms with Crippen LogP contribution in [-0.4, -0.2) is 42.7 Å². The van der Waals surface area contributed by atoms with Crippen LogP contribution in [0.3, 0.4) is 0 Å². The topological polar surface area (TPSA) is 37.4 Å². The minimum Gasteiger partial charge on any atom is -0.478 e. The maximum absolute atomic E-state index is 5.37. The van der Waals surface area contributed by atoms with Crippen LogP contribution < -0.4 is 10.1 Å². The molecule has 0 aromatic carbocycles. The van der Waals surface area contributed by atoms with Gasteiger partial charge in [0.2, 0.25) is 5.88 Å². The van der Waals surface area contributed by atoms with Crippen LogP contribution in [0.2, 0.25) is 0 Å². The Balaban J connectivity index is 2.36. The Morgan fingerprint density at radius 2 is 2.06 bits per heavy atom. The molecule has 4 heteroatoms. The standard InChI is InChI=1S/C14H25N3O/c1-4-11-17(5-2)12-10-15-13-8-7-9-14(16-13)18-6-3/h7-9H,4-6,10-12H2,1-3H3,(H,15,16). The second-order valence-corrected chi connectivity index (χ2v) is 4.16. The van der Waals surface area contributed by atoms with Gasteiger partial charge in [0.1, 0.15) is 5.82 Å². The zero-order chi connectivity index (χ0) is 13.2. The molecule has 102 valence electrons. The Morgan fingerprint density at radius 3 is 2.72 bits per heavy atom. The quantitative estimate of drug-likeness (QED) is 0.732. The van der Waals surface area contributed by atoms with Gasteiger partial charge in [0.25, 0.3) is 0 Å². The van der Waals surface area contributed by atoms with Crippen molar-refractivity contribution < 1.29 is 4.74 Å². The van der Waals surface area contributed by atoms with Gasteiger partial charge in [0, 0.05) is 19.2 Å². The molecule has 1 heterocycles. The molecular formula is C14H25N3O. The summed E-state index contributed by atoms with van der Waals surface area (Å²) in [5.41, 5.74) is 0. The van der Waals surface area contributed by atoms with Crippen LogP contribution in [0.25, 0.3) is 0 Å². The van der Waals surface area contributed by atoms with E-state index in [-0.39, 0.29) is 0 Å². The number of rotatable bonds is 9. The molecule has 0 fully saturated rings. The van der Waals surface area contributed by atoms with E-state index in [9.17, 15) is 0 Å². The van der Waals surface area contributed by atoms with Crippen molar-refractivity contribution in [2.24, 2.45) is 0 Å². The van der Waals surface area contributed by atoms with Gasteiger partial charge in [-0.25, -0.2) is 0 Å². The van der Waals surface area contributed by atoms with E-state index in [4.69, 9.17) is 4.74 Å². The van der Waals surface area contributed by atoms with E-state index in [2.05, 4.69) is 29.0 Å². The van der Waals surface area contributed by atoms with E-state index in [0.717, 1.165) is 32.0 Å². The summed E-state index contributed by atoms with van der Waals surface area (Å²) in [7, 11) is 0. The molecule has 0 saturated heterocycles. The lowest BCUT2D eigenvalue weighted by atomic mass is 10.4. The van der Waals surface area contributed by atoms with Crippen molar-refractivity contribution in [2.45, 2.75) is 27.2 Å². The summed E-state index contributed by atoms with van der Waals surface area (Å²) in [5, 5.41) is 3.33. The average Bonchev–Trinajstić information content (AvgIpc) is 2.38. The zero-order valence-corrected chi connectivity index (χ0v) is 11.8. The molecule has 0 radical (unpaired) electrons. The highest BCUT2D eigenvalue weighted by molar-refractivity contribution is 5.36. The van der Waals surface area contributed by atoms with Gasteiger partial charge in [-0.2, -0.15) is 4.98 Å². The van der Waals surface area contributed by atoms with E-state index in [1.54, 1.807) is 0 Å². The molecule has 1 aromatic heterocycles. The fourth-order valence-electron chi connectivity index (χ4n) is 1.83. The molecule has 0 spiro atoms. The number of ether oxygens (including phenoxy) is 1. The van der Waals surface area contributed by atoms with Crippen molar-refractivity contribution in [2.75, 3.05) is 38.1 Å². The van der Waals surface area contributed by atoms with Crippen molar-refractivity contribution in [3.8, 4) is 5.88 Å². The maximum Gasteiger partial charge on any atom is 0.215 e. The molecular weight excluding hydrogens is 226 g/mol. The number of likely N-dealkylation sites (N-methyl/N-ethyl adjacent to an activating group) is 1. The van der Waals surface area contributed by atoms with Crippen LogP contribution in [0.4, 0.5) is 5.82 Å². The van der Waals surface area contributed by atoms with Gasteiger partial charge < -0.3 is 15.0 Å². The molecule has 0 bridgehead atoms. The Bertz CT molecular complexity index is 331. The number of hydrogen-bond acceptors (Lipinski definition) is 4. The van der Waals surface area contributed by atoms with Crippen LogP contribution >= 0.6 is 0 Å². The second kappa shape index (κ2) is 8.75. The van der Waals surface area contributed by atoms with Crippen molar-refractivity contribution >= 4 is 5.82 Å². The van der Waals surface area contributed by atoms with Crippen molar-refractivity contribution in [3.63, 3.8) is 0 Å². The number of nitrogens with one attached hydrogen (secondary N) is 1. The molecule has 1 aromatic rings. The first-order chi connectivity index (χ1) is 8.80. The Kier molecular flexibility index (Phi) is 7.18. The van der Waals surface area contributed by atoms with Crippen molar-refractivity contribution in [3.05, 3.63) is 18.2 Å². The summed E-state index contributed by atoms with van der Waals surface area (Å²) < 4.78 is 5.37.